The number of ether oxygens (including phenoxy) is 1. The van der Waals surface area contributed by atoms with E-state index in [1.165, 1.54) is 0 Å². The highest BCUT2D eigenvalue weighted by atomic mass is 16.6. The number of para-hydroxylation sites is 2. The topological polar surface area (TPSA) is 75.9 Å². The number of carbonyl (C=O) groups is 1. The minimum atomic E-state index is -0.470. The molecule has 2 fully saturated rings. The molecule has 27 heavy (non-hydrogen) atoms. The smallest absolute Gasteiger partial charge is 0.320 e. The highest BCUT2D eigenvalue weighted by molar-refractivity contribution is 5.72. The molecule has 0 amide bonds. The highest BCUT2D eigenvalue weighted by Gasteiger charge is 2.42. The quantitative estimate of drug-likeness (QED) is 0.457. The van der Waals surface area contributed by atoms with Crippen LogP contribution >= 0.6 is 0 Å². The second-order valence-corrected chi connectivity index (χ2v) is 8.82. The summed E-state index contributed by atoms with van der Waals surface area (Å²) in [4.78, 5) is 27.5. The molecule has 2 aliphatic rings. The van der Waals surface area contributed by atoms with Gasteiger partial charge in [0.2, 0.25) is 0 Å². The number of nitrogens with zero attached hydrogens (tertiary/aromatic N) is 3. The van der Waals surface area contributed by atoms with Gasteiger partial charge in [-0.25, -0.2) is 0 Å². The summed E-state index contributed by atoms with van der Waals surface area (Å²) in [5.74, 6) is -0.189. The van der Waals surface area contributed by atoms with Gasteiger partial charge >= 0.3 is 5.97 Å². The Balaban J connectivity index is 1.66. The summed E-state index contributed by atoms with van der Waals surface area (Å²) in [7, 11) is 0. The Morgan fingerprint density at radius 3 is 2.67 bits per heavy atom. The van der Waals surface area contributed by atoms with Crippen LogP contribution in [0.4, 0.5) is 11.4 Å². The molecule has 2 saturated heterocycles. The zero-order chi connectivity index (χ0) is 19.7. The second kappa shape index (κ2) is 7.46. The van der Waals surface area contributed by atoms with Crippen molar-refractivity contribution >= 4 is 17.3 Å². The Hall–Kier alpha value is -2.15. The molecule has 3 rings (SSSR count). The summed E-state index contributed by atoms with van der Waals surface area (Å²) >= 11 is 0. The largest absolute Gasteiger partial charge is 0.459 e. The van der Waals surface area contributed by atoms with E-state index in [4.69, 9.17) is 4.74 Å². The van der Waals surface area contributed by atoms with Crippen LogP contribution < -0.4 is 4.90 Å². The number of carbonyl (C=O) groups excluding carboxylic acids is 1. The van der Waals surface area contributed by atoms with E-state index in [2.05, 4.69) is 9.80 Å². The van der Waals surface area contributed by atoms with Crippen molar-refractivity contribution in [2.75, 3.05) is 37.6 Å². The van der Waals surface area contributed by atoms with Gasteiger partial charge in [-0.3, -0.25) is 19.8 Å². The first kappa shape index (κ1) is 19.6. The van der Waals surface area contributed by atoms with E-state index in [0.29, 0.717) is 12.2 Å². The zero-order valence-corrected chi connectivity index (χ0v) is 16.4. The number of hydrogen-bond acceptors (Lipinski definition) is 6. The first-order chi connectivity index (χ1) is 12.7. The van der Waals surface area contributed by atoms with Gasteiger partial charge in [0.05, 0.1) is 11.5 Å². The molecule has 1 unspecified atom stereocenters. The number of nitro benzene ring substituents is 1. The van der Waals surface area contributed by atoms with Crippen LogP contribution in [0, 0.1) is 15.5 Å². The van der Waals surface area contributed by atoms with Gasteiger partial charge in [-0.1, -0.05) is 12.1 Å². The van der Waals surface area contributed by atoms with Crippen molar-refractivity contribution in [2.45, 2.75) is 45.6 Å². The molecule has 7 nitrogen and oxygen atoms in total. The number of esters is 1. The molecule has 2 heterocycles. The van der Waals surface area contributed by atoms with E-state index in [9.17, 15) is 14.9 Å². The van der Waals surface area contributed by atoms with Crippen LogP contribution in [0.3, 0.4) is 0 Å². The highest BCUT2D eigenvalue weighted by Crippen LogP contribution is 2.41. The average Bonchev–Trinajstić information content (AvgIpc) is 2.94. The lowest BCUT2D eigenvalue weighted by Crippen LogP contribution is -2.45. The molecule has 1 aromatic rings. The van der Waals surface area contributed by atoms with Gasteiger partial charge in [-0.05, 0) is 52.6 Å². The van der Waals surface area contributed by atoms with E-state index >= 15 is 0 Å². The first-order valence-corrected chi connectivity index (χ1v) is 9.60. The van der Waals surface area contributed by atoms with Crippen LogP contribution in [0.25, 0.3) is 0 Å². The molecule has 1 aromatic carbocycles. The van der Waals surface area contributed by atoms with Gasteiger partial charge in [0, 0.05) is 31.1 Å². The third-order valence-corrected chi connectivity index (χ3v) is 5.37. The van der Waals surface area contributed by atoms with Crippen molar-refractivity contribution in [3.05, 3.63) is 34.4 Å². The van der Waals surface area contributed by atoms with Crippen molar-refractivity contribution in [3.8, 4) is 0 Å². The number of likely N-dealkylation sites (tertiary alicyclic amines) is 1. The predicted octanol–water partition coefficient (Wildman–Crippen LogP) is 3.23. The van der Waals surface area contributed by atoms with E-state index in [1.54, 1.807) is 12.1 Å². The van der Waals surface area contributed by atoms with Gasteiger partial charge in [0.15, 0.2) is 0 Å². The number of nitro groups is 1. The molecule has 0 aliphatic carbocycles. The third kappa shape index (κ3) is 4.77. The standard InChI is InChI=1S/C20H29N3O4/c1-19(2,3)27-18(24)13-21-12-10-20(14-21)9-6-11-22(15-20)16-7-4-5-8-17(16)23(25)26/h4-5,7-8H,6,9-15H2,1-3H3. The average molecular weight is 375 g/mol. The minimum absolute atomic E-state index is 0.0873. The summed E-state index contributed by atoms with van der Waals surface area (Å²) in [6, 6.07) is 6.97. The normalized spacial score (nSPS) is 23.6. The summed E-state index contributed by atoms with van der Waals surface area (Å²) in [6.45, 7) is 9.27. The second-order valence-electron chi connectivity index (χ2n) is 8.82. The lowest BCUT2D eigenvalue weighted by atomic mass is 9.79. The van der Waals surface area contributed by atoms with Crippen LogP contribution in [0.5, 0.6) is 0 Å². The Kier molecular flexibility index (Phi) is 5.42. The molecule has 0 bridgehead atoms. The fraction of sp³-hybridized carbons (Fsp3) is 0.650. The number of hydrogen-bond donors (Lipinski definition) is 0. The van der Waals surface area contributed by atoms with E-state index < -0.39 is 5.60 Å². The van der Waals surface area contributed by atoms with Gasteiger partial charge < -0.3 is 9.64 Å². The summed E-state index contributed by atoms with van der Waals surface area (Å²) in [5.41, 5.74) is 0.483. The number of rotatable bonds is 4. The molecule has 7 heteroatoms. The third-order valence-electron chi connectivity index (χ3n) is 5.37. The van der Waals surface area contributed by atoms with E-state index in [0.717, 1.165) is 45.4 Å². The van der Waals surface area contributed by atoms with Gasteiger partial charge in [0.25, 0.3) is 5.69 Å². The number of benzene rings is 1. The van der Waals surface area contributed by atoms with Crippen molar-refractivity contribution in [1.29, 1.82) is 0 Å². The van der Waals surface area contributed by atoms with Crippen LogP contribution in [-0.2, 0) is 9.53 Å². The molecule has 0 radical (unpaired) electrons. The van der Waals surface area contributed by atoms with Crippen molar-refractivity contribution in [2.24, 2.45) is 5.41 Å². The van der Waals surface area contributed by atoms with Gasteiger partial charge in [-0.15, -0.1) is 0 Å². The maximum Gasteiger partial charge on any atom is 0.320 e. The number of anilines is 1. The lowest BCUT2D eigenvalue weighted by molar-refractivity contribution is -0.384. The monoisotopic (exact) mass is 375 g/mol. The molecular formula is C20H29N3O4. The van der Waals surface area contributed by atoms with Gasteiger partial charge in [0.1, 0.15) is 11.3 Å². The molecule has 1 spiro atoms. The van der Waals surface area contributed by atoms with Crippen LogP contribution in [0.2, 0.25) is 0 Å². The maximum atomic E-state index is 12.1. The van der Waals surface area contributed by atoms with Crippen molar-refractivity contribution in [3.63, 3.8) is 0 Å². The Bertz CT molecular complexity index is 715. The Labute approximate surface area is 160 Å². The maximum absolute atomic E-state index is 12.1. The van der Waals surface area contributed by atoms with Crippen molar-refractivity contribution < 1.29 is 14.5 Å². The van der Waals surface area contributed by atoms with E-state index in [1.807, 2.05) is 32.9 Å². The predicted molar refractivity (Wildman–Crippen MR) is 104 cm³/mol. The fourth-order valence-corrected chi connectivity index (χ4v) is 4.35. The van der Waals surface area contributed by atoms with Crippen LogP contribution in [0.15, 0.2) is 24.3 Å². The van der Waals surface area contributed by atoms with Crippen LogP contribution in [-0.4, -0.2) is 54.1 Å². The molecule has 0 N–H and O–H groups in total. The lowest BCUT2D eigenvalue weighted by Gasteiger charge is -2.41. The molecule has 148 valence electrons. The van der Waals surface area contributed by atoms with Crippen LogP contribution in [0.1, 0.15) is 40.0 Å². The fourth-order valence-electron chi connectivity index (χ4n) is 4.35. The molecule has 2 aliphatic heterocycles. The molecule has 0 aromatic heterocycles. The molecular weight excluding hydrogens is 346 g/mol. The Morgan fingerprint density at radius 1 is 1.22 bits per heavy atom. The van der Waals surface area contributed by atoms with E-state index in [-0.39, 0.29) is 22.0 Å². The zero-order valence-electron chi connectivity index (χ0n) is 16.4. The summed E-state index contributed by atoms with van der Waals surface area (Å²) < 4.78 is 5.44. The van der Waals surface area contributed by atoms with Crippen molar-refractivity contribution in [1.82, 2.24) is 4.90 Å². The first-order valence-electron chi connectivity index (χ1n) is 9.60. The Morgan fingerprint density at radius 2 is 1.96 bits per heavy atom. The molecule has 1 atom stereocenters. The summed E-state index contributed by atoms with van der Waals surface area (Å²) in [6.07, 6.45) is 3.11. The summed E-state index contributed by atoms with van der Waals surface area (Å²) in [5, 5.41) is 11.4. The van der Waals surface area contributed by atoms with Gasteiger partial charge in [-0.2, -0.15) is 0 Å². The number of piperidine rings is 1. The SMILES string of the molecule is CC(C)(C)OC(=O)CN1CCC2(CCCN(c3ccccc3[N+](=O)[O-])C2)C1. The minimum Gasteiger partial charge on any atom is -0.459 e. The molecule has 0 saturated carbocycles.